The minimum Gasteiger partial charge on any atom is -0.373 e. The summed E-state index contributed by atoms with van der Waals surface area (Å²) in [4.78, 5) is 11.0. The van der Waals surface area contributed by atoms with Gasteiger partial charge in [-0.2, -0.15) is 5.26 Å². The minimum absolute atomic E-state index is 0.0161. The standard InChI is InChI=1S/C13H21N5/c1-6-18(8-9(2)7-14)13-10(3)12(15-5)16-11(4)17-13/h9H,6,8H2,1-5H3,(H,15,16,17). The molecule has 18 heavy (non-hydrogen) atoms. The molecule has 0 saturated heterocycles. The van der Waals surface area contributed by atoms with Gasteiger partial charge in [-0.05, 0) is 27.7 Å². The zero-order valence-electron chi connectivity index (χ0n) is 11.8. The number of aromatic nitrogens is 2. The van der Waals surface area contributed by atoms with Gasteiger partial charge < -0.3 is 10.2 Å². The van der Waals surface area contributed by atoms with Crippen molar-refractivity contribution in [2.45, 2.75) is 27.7 Å². The van der Waals surface area contributed by atoms with Gasteiger partial charge in [0.05, 0.1) is 12.0 Å². The van der Waals surface area contributed by atoms with Crippen LogP contribution < -0.4 is 10.2 Å². The highest BCUT2D eigenvalue weighted by atomic mass is 15.2. The van der Waals surface area contributed by atoms with Crippen LogP contribution in [0.4, 0.5) is 11.6 Å². The highest BCUT2D eigenvalue weighted by Crippen LogP contribution is 2.23. The van der Waals surface area contributed by atoms with E-state index in [2.05, 4.69) is 33.2 Å². The summed E-state index contributed by atoms with van der Waals surface area (Å²) in [7, 11) is 1.85. The molecule has 1 aromatic rings. The maximum Gasteiger partial charge on any atom is 0.137 e. The Kier molecular flexibility index (Phi) is 4.90. The predicted molar refractivity (Wildman–Crippen MR) is 73.7 cm³/mol. The van der Waals surface area contributed by atoms with Crippen molar-refractivity contribution >= 4 is 11.6 Å². The minimum atomic E-state index is -0.0161. The number of hydrogen-bond donors (Lipinski definition) is 1. The van der Waals surface area contributed by atoms with E-state index < -0.39 is 0 Å². The molecule has 0 radical (unpaired) electrons. The van der Waals surface area contributed by atoms with Crippen LogP contribution in [-0.4, -0.2) is 30.1 Å². The maximum absolute atomic E-state index is 8.93. The van der Waals surface area contributed by atoms with E-state index in [0.29, 0.717) is 6.54 Å². The average Bonchev–Trinajstić information content (AvgIpc) is 2.38. The predicted octanol–water partition coefficient (Wildman–Crippen LogP) is 2.12. The number of hydrogen-bond acceptors (Lipinski definition) is 5. The second-order valence-corrected chi connectivity index (χ2v) is 4.39. The highest BCUT2D eigenvalue weighted by Gasteiger charge is 2.16. The number of nitriles is 1. The molecule has 0 aliphatic heterocycles. The SMILES string of the molecule is CCN(CC(C)C#N)c1nc(C)nc(NC)c1C. The van der Waals surface area contributed by atoms with Crippen LogP contribution in [0.15, 0.2) is 0 Å². The van der Waals surface area contributed by atoms with E-state index in [0.717, 1.165) is 29.6 Å². The first-order chi connectivity index (χ1) is 8.53. The quantitative estimate of drug-likeness (QED) is 0.863. The molecule has 1 unspecified atom stereocenters. The zero-order chi connectivity index (χ0) is 13.7. The number of rotatable bonds is 5. The first-order valence-corrected chi connectivity index (χ1v) is 6.21. The smallest absolute Gasteiger partial charge is 0.137 e. The van der Waals surface area contributed by atoms with Gasteiger partial charge in [0, 0.05) is 25.7 Å². The third kappa shape index (κ3) is 3.10. The molecule has 1 atom stereocenters. The van der Waals surface area contributed by atoms with Crippen molar-refractivity contribution in [2.75, 3.05) is 30.4 Å². The second-order valence-electron chi connectivity index (χ2n) is 4.39. The fourth-order valence-corrected chi connectivity index (χ4v) is 1.90. The van der Waals surface area contributed by atoms with Crippen molar-refractivity contribution in [3.05, 3.63) is 11.4 Å². The first-order valence-electron chi connectivity index (χ1n) is 6.21. The first kappa shape index (κ1) is 14.2. The Morgan fingerprint density at radius 1 is 1.39 bits per heavy atom. The monoisotopic (exact) mass is 247 g/mol. The Hall–Kier alpha value is -1.83. The number of aryl methyl sites for hydroxylation is 1. The summed E-state index contributed by atoms with van der Waals surface area (Å²) in [6, 6.07) is 2.26. The third-order valence-electron chi connectivity index (χ3n) is 2.86. The van der Waals surface area contributed by atoms with Crippen molar-refractivity contribution in [2.24, 2.45) is 5.92 Å². The lowest BCUT2D eigenvalue weighted by Crippen LogP contribution is -2.30. The Balaban J connectivity index is 3.13. The molecule has 0 amide bonds. The Morgan fingerprint density at radius 2 is 2.06 bits per heavy atom. The van der Waals surface area contributed by atoms with Crippen molar-refractivity contribution in [3.63, 3.8) is 0 Å². The molecular formula is C13H21N5. The van der Waals surface area contributed by atoms with Crippen LogP contribution in [0.2, 0.25) is 0 Å². The van der Waals surface area contributed by atoms with E-state index in [9.17, 15) is 0 Å². The highest BCUT2D eigenvalue weighted by molar-refractivity contribution is 5.58. The van der Waals surface area contributed by atoms with Crippen molar-refractivity contribution in [1.29, 1.82) is 5.26 Å². The Labute approximate surface area is 109 Å². The molecule has 5 nitrogen and oxygen atoms in total. The van der Waals surface area contributed by atoms with Crippen molar-refractivity contribution < 1.29 is 0 Å². The number of nitrogens with zero attached hydrogens (tertiary/aromatic N) is 4. The van der Waals surface area contributed by atoms with Gasteiger partial charge >= 0.3 is 0 Å². The molecule has 0 aliphatic carbocycles. The average molecular weight is 247 g/mol. The molecule has 0 aliphatic rings. The van der Waals surface area contributed by atoms with Gasteiger partial charge in [0.1, 0.15) is 17.5 Å². The Bertz CT molecular complexity index is 449. The number of anilines is 2. The van der Waals surface area contributed by atoms with Gasteiger partial charge in [0.25, 0.3) is 0 Å². The van der Waals surface area contributed by atoms with Crippen LogP contribution >= 0.6 is 0 Å². The molecule has 0 bridgehead atoms. The van der Waals surface area contributed by atoms with Gasteiger partial charge in [-0.15, -0.1) is 0 Å². The van der Waals surface area contributed by atoms with Gasteiger partial charge in [0.2, 0.25) is 0 Å². The van der Waals surface area contributed by atoms with Gasteiger partial charge in [-0.25, -0.2) is 9.97 Å². The van der Waals surface area contributed by atoms with Crippen LogP contribution in [0.5, 0.6) is 0 Å². The Morgan fingerprint density at radius 3 is 2.56 bits per heavy atom. The van der Waals surface area contributed by atoms with Crippen molar-refractivity contribution in [3.8, 4) is 6.07 Å². The normalized spacial score (nSPS) is 11.8. The lowest BCUT2D eigenvalue weighted by Gasteiger charge is -2.25. The third-order valence-corrected chi connectivity index (χ3v) is 2.86. The van der Waals surface area contributed by atoms with Gasteiger partial charge in [-0.3, -0.25) is 0 Å². The molecule has 0 fully saturated rings. The summed E-state index contributed by atoms with van der Waals surface area (Å²) in [6.07, 6.45) is 0. The summed E-state index contributed by atoms with van der Waals surface area (Å²) in [5.74, 6) is 2.48. The summed E-state index contributed by atoms with van der Waals surface area (Å²) in [5, 5.41) is 12.0. The van der Waals surface area contributed by atoms with E-state index in [-0.39, 0.29) is 5.92 Å². The summed E-state index contributed by atoms with van der Waals surface area (Å²) in [5.41, 5.74) is 1.02. The molecular weight excluding hydrogens is 226 g/mol. The van der Waals surface area contributed by atoms with Crippen molar-refractivity contribution in [1.82, 2.24) is 9.97 Å². The molecule has 0 spiro atoms. The van der Waals surface area contributed by atoms with Crippen LogP contribution in [0, 0.1) is 31.1 Å². The van der Waals surface area contributed by atoms with Crippen LogP contribution in [0.3, 0.4) is 0 Å². The molecule has 1 aromatic heterocycles. The van der Waals surface area contributed by atoms with Gasteiger partial charge in [-0.1, -0.05) is 0 Å². The van der Waals surface area contributed by atoms with E-state index in [1.54, 1.807) is 0 Å². The summed E-state index contributed by atoms with van der Waals surface area (Å²) in [6.45, 7) is 9.39. The largest absolute Gasteiger partial charge is 0.373 e. The van der Waals surface area contributed by atoms with E-state index >= 15 is 0 Å². The number of nitrogens with one attached hydrogen (secondary N) is 1. The van der Waals surface area contributed by atoms with E-state index in [1.165, 1.54) is 0 Å². The molecule has 1 rings (SSSR count). The van der Waals surface area contributed by atoms with E-state index in [1.807, 2.05) is 27.8 Å². The summed E-state index contributed by atoms with van der Waals surface area (Å²) < 4.78 is 0. The zero-order valence-corrected chi connectivity index (χ0v) is 11.8. The van der Waals surface area contributed by atoms with Crippen LogP contribution in [0.1, 0.15) is 25.2 Å². The fourth-order valence-electron chi connectivity index (χ4n) is 1.90. The second kappa shape index (κ2) is 6.20. The van der Waals surface area contributed by atoms with Crippen LogP contribution in [-0.2, 0) is 0 Å². The molecule has 5 heteroatoms. The van der Waals surface area contributed by atoms with Gasteiger partial charge in [0.15, 0.2) is 0 Å². The topological polar surface area (TPSA) is 64.8 Å². The maximum atomic E-state index is 8.93. The molecule has 0 saturated carbocycles. The molecule has 1 N–H and O–H groups in total. The molecule has 0 aromatic carbocycles. The summed E-state index contributed by atoms with van der Waals surface area (Å²) >= 11 is 0. The fraction of sp³-hybridized carbons (Fsp3) is 0.615. The molecule has 98 valence electrons. The molecule has 1 heterocycles. The van der Waals surface area contributed by atoms with Crippen LogP contribution in [0.25, 0.3) is 0 Å². The lowest BCUT2D eigenvalue weighted by atomic mass is 10.2. The lowest BCUT2D eigenvalue weighted by molar-refractivity contribution is 0.675. The van der Waals surface area contributed by atoms with E-state index in [4.69, 9.17) is 5.26 Å².